The molecule has 6 rings (SSSR count). The number of hydrogen-bond donors (Lipinski definition) is 1. The molecule has 4 aliphatic rings. The lowest BCUT2D eigenvalue weighted by atomic mass is 9.54. The topological polar surface area (TPSA) is 56.2 Å². The standard InChI is InChI=1S/C24H31N3O2/c1-27-24(29-9-5-8-16-6-3-2-4-7-16)21(15-25-27)23(28)26-22-19-11-17-10-18(13-19)14-20(22)12-17/h2-4,6-7,15,17-20,22H,5,8-14H2,1H3,(H,26,28). The van der Waals surface area contributed by atoms with Crippen molar-refractivity contribution in [3.05, 3.63) is 47.7 Å². The van der Waals surface area contributed by atoms with Crippen molar-refractivity contribution in [3.8, 4) is 5.88 Å². The van der Waals surface area contributed by atoms with Gasteiger partial charge in [-0.05, 0) is 74.2 Å². The molecule has 4 fully saturated rings. The van der Waals surface area contributed by atoms with Gasteiger partial charge in [0, 0.05) is 13.1 Å². The lowest BCUT2D eigenvalue weighted by Gasteiger charge is -2.54. The molecule has 1 amide bonds. The SMILES string of the molecule is Cn1ncc(C(=O)NC2C3CC4CC(C3)CC2C4)c1OCCCc1ccccc1. The number of aromatic nitrogens is 2. The van der Waals surface area contributed by atoms with Crippen LogP contribution >= 0.6 is 0 Å². The van der Waals surface area contributed by atoms with Crippen LogP contribution in [0.1, 0.15) is 54.4 Å². The maximum atomic E-state index is 13.1. The molecule has 5 nitrogen and oxygen atoms in total. The molecule has 29 heavy (non-hydrogen) atoms. The van der Waals surface area contributed by atoms with Gasteiger partial charge in [-0.25, -0.2) is 4.68 Å². The Morgan fingerprint density at radius 1 is 1.10 bits per heavy atom. The Bertz CT molecular complexity index is 832. The minimum Gasteiger partial charge on any atom is -0.477 e. The Kier molecular flexibility index (Phi) is 5.06. The van der Waals surface area contributed by atoms with Gasteiger partial charge < -0.3 is 10.1 Å². The fourth-order valence-corrected chi connectivity index (χ4v) is 6.23. The molecule has 0 aliphatic heterocycles. The maximum absolute atomic E-state index is 13.1. The van der Waals surface area contributed by atoms with Crippen LogP contribution in [-0.4, -0.2) is 28.3 Å². The molecular weight excluding hydrogens is 362 g/mol. The first-order valence-corrected chi connectivity index (χ1v) is 11.2. The van der Waals surface area contributed by atoms with Crippen molar-refractivity contribution in [2.45, 2.75) is 51.0 Å². The second-order valence-corrected chi connectivity index (χ2v) is 9.35. The summed E-state index contributed by atoms with van der Waals surface area (Å²) in [7, 11) is 1.84. The Hall–Kier alpha value is -2.30. The molecule has 2 aromatic rings. The van der Waals surface area contributed by atoms with Gasteiger partial charge in [0.15, 0.2) is 0 Å². The average Bonchev–Trinajstić information content (AvgIpc) is 3.09. The molecular formula is C24H31N3O2. The fraction of sp³-hybridized carbons (Fsp3) is 0.583. The number of hydrogen-bond acceptors (Lipinski definition) is 3. The number of nitrogens with zero attached hydrogens (tertiary/aromatic N) is 2. The van der Waals surface area contributed by atoms with Crippen molar-refractivity contribution in [1.29, 1.82) is 0 Å². The Morgan fingerprint density at radius 3 is 2.48 bits per heavy atom. The lowest BCUT2D eigenvalue weighted by Crippen LogP contribution is -2.55. The number of benzene rings is 1. The van der Waals surface area contributed by atoms with Crippen molar-refractivity contribution in [1.82, 2.24) is 15.1 Å². The molecule has 1 heterocycles. The minimum atomic E-state index is -0.0198. The van der Waals surface area contributed by atoms with Gasteiger partial charge in [0.1, 0.15) is 5.56 Å². The van der Waals surface area contributed by atoms with Crippen LogP contribution in [0.5, 0.6) is 5.88 Å². The number of carbonyl (C=O) groups is 1. The number of carbonyl (C=O) groups excluding carboxylic acids is 1. The van der Waals surface area contributed by atoms with Crippen LogP contribution in [0.4, 0.5) is 0 Å². The third-order valence-corrected chi connectivity index (χ3v) is 7.34. The molecule has 4 aliphatic carbocycles. The molecule has 1 aromatic heterocycles. The summed E-state index contributed by atoms with van der Waals surface area (Å²) in [5.74, 6) is 3.72. The molecule has 0 saturated heterocycles. The summed E-state index contributed by atoms with van der Waals surface area (Å²) in [6, 6.07) is 10.8. The number of aryl methyl sites for hydroxylation is 2. The first-order valence-electron chi connectivity index (χ1n) is 11.2. The predicted molar refractivity (Wildman–Crippen MR) is 112 cm³/mol. The second kappa shape index (κ2) is 7.85. The highest BCUT2D eigenvalue weighted by Crippen LogP contribution is 2.53. The summed E-state index contributed by atoms with van der Waals surface area (Å²) in [6.07, 6.45) is 10.2. The summed E-state index contributed by atoms with van der Waals surface area (Å²) < 4.78 is 7.67. The Balaban J connectivity index is 1.19. The van der Waals surface area contributed by atoms with Crippen molar-refractivity contribution >= 4 is 5.91 Å². The van der Waals surface area contributed by atoms with Gasteiger partial charge in [0.25, 0.3) is 5.91 Å². The van der Waals surface area contributed by atoms with Crippen molar-refractivity contribution in [2.24, 2.45) is 30.7 Å². The van der Waals surface area contributed by atoms with Crippen molar-refractivity contribution < 1.29 is 9.53 Å². The van der Waals surface area contributed by atoms with Gasteiger partial charge in [-0.3, -0.25) is 4.79 Å². The van der Waals surface area contributed by atoms with Crippen molar-refractivity contribution in [2.75, 3.05) is 6.61 Å². The summed E-state index contributed by atoms with van der Waals surface area (Å²) in [4.78, 5) is 13.1. The van der Waals surface area contributed by atoms with Gasteiger partial charge in [0.05, 0.1) is 12.8 Å². The Morgan fingerprint density at radius 2 is 1.79 bits per heavy atom. The van der Waals surface area contributed by atoms with Gasteiger partial charge >= 0.3 is 0 Å². The zero-order valence-electron chi connectivity index (χ0n) is 17.2. The van der Waals surface area contributed by atoms with Gasteiger partial charge in [-0.2, -0.15) is 5.10 Å². The average molecular weight is 394 g/mol. The van der Waals surface area contributed by atoms with Crippen LogP contribution in [0.2, 0.25) is 0 Å². The monoisotopic (exact) mass is 393 g/mol. The summed E-state index contributed by atoms with van der Waals surface area (Å²) in [5, 5.41) is 7.67. The zero-order chi connectivity index (χ0) is 19.8. The van der Waals surface area contributed by atoms with E-state index in [9.17, 15) is 4.79 Å². The normalized spacial score (nSPS) is 29.8. The van der Waals surface area contributed by atoms with E-state index in [2.05, 4.69) is 34.7 Å². The predicted octanol–water partition coefficient (Wildman–Crippen LogP) is 3.99. The highest BCUT2D eigenvalue weighted by atomic mass is 16.5. The van der Waals surface area contributed by atoms with E-state index in [1.165, 1.54) is 37.7 Å². The van der Waals surface area contributed by atoms with Crippen LogP contribution in [0.3, 0.4) is 0 Å². The number of ether oxygens (including phenoxy) is 1. The van der Waals surface area contributed by atoms with Crippen LogP contribution in [0.15, 0.2) is 36.5 Å². The smallest absolute Gasteiger partial charge is 0.258 e. The Labute approximate surface area is 172 Å². The van der Waals surface area contributed by atoms with E-state index >= 15 is 0 Å². The third-order valence-electron chi connectivity index (χ3n) is 7.34. The molecule has 0 atom stereocenters. The molecule has 0 unspecified atom stereocenters. The van der Waals surface area contributed by atoms with E-state index in [1.54, 1.807) is 10.9 Å². The lowest BCUT2D eigenvalue weighted by molar-refractivity contribution is -0.0120. The molecule has 154 valence electrons. The van der Waals surface area contributed by atoms with E-state index in [0.29, 0.717) is 35.9 Å². The highest BCUT2D eigenvalue weighted by molar-refractivity contribution is 5.96. The molecule has 1 N–H and O–H groups in total. The van der Waals surface area contributed by atoms with E-state index in [1.807, 2.05) is 13.1 Å². The first kappa shape index (κ1) is 18.7. The summed E-state index contributed by atoms with van der Waals surface area (Å²) in [5.41, 5.74) is 1.88. The molecule has 5 heteroatoms. The number of amides is 1. The minimum absolute atomic E-state index is 0.0198. The first-order chi connectivity index (χ1) is 14.2. The van der Waals surface area contributed by atoms with E-state index in [4.69, 9.17) is 4.74 Å². The molecule has 0 spiro atoms. The zero-order valence-corrected chi connectivity index (χ0v) is 17.2. The van der Waals surface area contributed by atoms with Crippen LogP contribution in [0.25, 0.3) is 0 Å². The van der Waals surface area contributed by atoms with E-state index in [0.717, 1.165) is 24.7 Å². The van der Waals surface area contributed by atoms with E-state index < -0.39 is 0 Å². The number of nitrogens with one attached hydrogen (secondary N) is 1. The molecule has 0 radical (unpaired) electrons. The number of rotatable bonds is 7. The van der Waals surface area contributed by atoms with E-state index in [-0.39, 0.29) is 5.91 Å². The third kappa shape index (κ3) is 3.79. The largest absolute Gasteiger partial charge is 0.477 e. The fourth-order valence-electron chi connectivity index (χ4n) is 6.23. The summed E-state index contributed by atoms with van der Waals surface area (Å²) >= 11 is 0. The van der Waals surface area contributed by atoms with Gasteiger partial charge in [0.2, 0.25) is 5.88 Å². The van der Waals surface area contributed by atoms with Crippen molar-refractivity contribution in [3.63, 3.8) is 0 Å². The van der Waals surface area contributed by atoms with Crippen LogP contribution in [0, 0.1) is 23.7 Å². The molecule has 4 bridgehead atoms. The van der Waals surface area contributed by atoms with Crippen LogP contribution in [-0.2, 0) is 13.5 Å². The highest BCUT2D eigenvalue weighted by Gasteiger charge is 2.48. The molecule has 4 saturated carbocycles. The van der Waals surface area contributed by atoms with Gasteiger partial charge in [-0.1, -0.05) is 30.3 Å². The van der Waals surface area contributed by atoms with Crippen LogP contribution < -0.4 is 10.1 Å². The molecule has 1 aromatic carbocycles. The maximum Gasteiger partial charge on any atom is 0.258 e. The summed E-state index contributed by atoms with van der Waals surface area (Å²) in [6.45, 7) is 0.576. The van der Waals surface area contributed by atoms with Gasteiger partial charge in [-0.15, -0.1) is 0 Å². The second-order valence-electron chi connectivity index (χ2n) is 9.35. The quantitative estimate of drug-likeness (QED) is 0.724.